The molecule has 0 radical (unpaired) electrons. The van der Waals surface area contributed by atoms with Gasteiger partial charge in [0.2, 0.25) is 0 Å². The van der Waals surface area contributed by atoms with Crippen LogP contribution < -0.4 is 5.73 Å². The van der Waals surface area contributed by atoms with Crippen molar-refractivity contribution in [3.05, 3.63) is 29.8 Å². The van der Waals surface area contributed by atoms with E-state index in [4.69, 9.17) is 10.5 Å². The predicted octanol–water partition coefficient (Wildman–Crippen LogP) is 2.62. The van der Waals surface area contributed by atoms with Crippen molar-refractivity contribution in [2.24, 2.45) is 5.73 Å². The number of methoxy groups -OCH3 is 1. The summed E-state index contributed by atoms with van der Waals surface area (Å²) < 4.78 is 20.8. The van der Waals surface area contributed by atoms with E-state index in [1.807, 2.05) is 10.6 Å². The van der Waals surface area contributed by atoms with E-state index in [0.29, 0.717) is 18.5 Å². The van der Waals surface area contributed by atoms with E-state index in [9.17, 15) is 4.39 Å². The molecular weight excluding hydrogens is 245 g/mol. The summed E-state index contributed by atoms with van der Waals surface area (Å²) in [4.78, 5) is 4.39. The van der Waals surface area contributed by atoms with Gasteiger partial charge in [0.15, 0.2) is 5.82 Å². The zero-order chi connectivity index (χ0) is 13.8. The number of rotatable bonds is 6. The average molecular weight is 265 g/mol. The fraction of sp³-hybridized carbons (Fsp3) is 0.500. The standard InChI is InChI=1S/C14H20FN3O/c1-3-8-18-12-6-4-5-10(15)13(12)17-14(18)11(16)7-9-19-2/h4-6,11H,3,7-9,16H2,1-2H3. The molecular formula is C14H20FN3O. The lowest BCUT2D eigenvalue weighted by atomic mass is 10.2. The van der Waals surface area contributed by atoms with Crippen LogP contribution in [0.3, 0.4) is 0 Å². The van der Waals surface area contributed by atoms with E-state index in [-0.39, 0.29) is 11.9 Å². The molecule has 0 aliphatic carbocycles. The van der Waals surface area contributed by atoms with Crippen LogP contribution in [0.15, 0.2) is 18.2 Å². The molecule has 0 saturated heterocycles. The number of para-hydroxylation sites is 1. The Bertz CT molecular complexity index is 553. The summed E-state index contributed by atoms with van der Waals surface area (Å²) in [6, 6.07) is 4.78. The van der Waals surface area contributed by atoms with Crippen LogP contribution in [0.4, 0.5) is 4.39 Å². The van der Waals surface area contributed by atoms with Crippen molar-refractivity contribution in [2.45, 2.75) is 32.4 Å². The lowest BCUT2D eigenvalue weighted by Gasteiger charge is -2.13. The third-order valence-electron chi connectivity index (χ3n) is 3.17. The molecule has 104 valence electrons. The number of imidazole rings is 1. The first kappa shape index (κ1) is 14.0. The highest BCUT2D eigenvalue weighted by Gasteiger charge is 2.18. The maximum Gasteiger partial charge on any atom is 0.151 e. The molecule has 2 N–H and O–H groups in total. The number of aryl methyl sites for hydroxylation is 1. The molecule has 1 aromatic heterocycles. The lowest BCUT2D eigenvalue weighted by Crippen LogP contribution is -2.18. The summed E-state index contributed by atoms with van der Waals surface area (Å²) in [5.74, 6) is 0.437. The first-order chi connectivity index (χ1) is 9.19. The number of fused-ring (bicyclic) bond motifs is 1. The van der Waals surface area contributed by atoms with Crippen molar-refractivity contribution in [3.8, 4) is 0 Å². The van der Waals surface area contributed by atoms with Crippen molar-refractivity contribution in [3.63, 3.8) is 0 Å². The Hall–Kier alpha value is -1.46. The molecule has 2 aromatic rings. The number of nitrogens with two attached hydrogens (primary N) is 1. The largest absolute Gasteiger partial charge is 0.385 e. The molecule has 19 heavy (non-hydrogen) atoms. The normalized spacial score (nSPS) is 13.1. The van der Waals surface area contributed by atoms with Gasteiger partial charge in [-0.25, -0.2) is 9.37 Å². The lowest BCUT2D eigenvalue weighted by molar-refractivity contribution is 0.186. The second-order valence-corrected chi connectivity index (χ2v) is 4.62. The topological polar surface area (TPSA) is 53.1 Å². The minimum atomic E-state index is -0.299. The molecule has 1 atom stereocenters. The second-order valence-electron chi connectivity index (χ2n) is 4.62. The van der Waals surface area contributed by atoms with Gasteiger partial charge in [0, 0.05) is 20.3 Å². The number of ether oxygens (including phenoxy) is 1. The number of benzene rings is 1. The van der Waals surface area contributed by atoms with Gasteiger partial charge < -0.3 is 15.0 Å². The Kier molecular flexibility index (Phi) is 4.50. The third-order valence-corrected chi connectivity index (χ3v) is 3.17. The molecule has 1 heterocycles. The van der Waals surface area contributed by atoms with Gasteiger partial charge in [-0.05, 0) is 25.0 Å². The van der Waals surface area contributed by atoms with E-state index in [0.717, 1.165) is 24.3 Å². The summed E-state index contributed by atoms with van der Waals surface area (Å²) in [5, 5.41) is 0. The van der Waals surface area contributed by atoms with E-state index in [1.165, 1.54) is 6.07 Å². The molecule has 0 aliphatic rings. The van der Waals surface area contributed by atoms with E-state index < -0.39 is 0 Å². The molecule has 0 aliphatic heterocycles. The van der Waals surface area contributed by atoms with Crippen molar-refractivity contribution in [1.82, 2.24) is 9.55 Å². The summed E-state index contributed by atoms with van der Waals surface area (Å²) >= 11 is 0. The maximum absolute atomic E-state index is 13.8. The fourth-order valence-electron chi connectivity index (χ4n) is 2.25. The number of aromatic nitrogens is 2. The number of nitrogens with zero attached hydrogens (tertiary/aromatic N) is 2. The summed E-state index contributed by atoms with van der Waals surface area (Å²) in [7, 11) is 1.64. The fourth-order valence-corrected chi connectivity index (χ4v) is 2.25. The molecule has 2 rings (SSSR count). The van der Waals surface area contributed by atoms with Crippen LogP contribution in [0.5, 0.6) is 0 Å². The molecule has 1 unspecified atom stereocenters. The minimum Gasteiger partial charge on any atom is -0.385 e. The van der Waals surface area contributed by atoms with Crippen LogP contribution in [0.1, 0.15) is 31.6 Å². The first-order valence-corrected chi connectivity index (χ1v) is 6.58. The molecule has 4 nitrogen and oxygen atoms in total. The van der Waals surface area contributed by atoms with Gasteiger partial charge in [-0.3, -0.25) is 0 Å². The van der Waals surface area contributed by atoms with Gasteiger partial charge in [-0.2, -0.15) is 0 Å². The van der Waals surface area contributed by atoms with Crippen LogP contribution in [0, 0.1) is 5.82 Å². The molecule has 0 fully saturated rings. The quantitative estimate of drug-likeness (QED) is 0.873. The number of hydrogen-bond donors (Lipinski definition) is 1. The van der Waals surface area contributed by atoms with Crippen molar-refractivity contribution in [2.75, 3.05) is 13.7 Å². The van der Waals surface area contributed by atoms with Crippen LogP contribution in [0.2, 0.25) is 0 Å². The molecule has 0 saturated carbocycles. The van der Waals surface area contributed by atoms with Crippen molar-refractivity contribution in [1.29, 1.82) is 0 Å². The summed E-state index contributed by atoms with van der Waals surface area (Å²) in [6.45, 7) is 3.44. The second kappa shape index (κ2) is 6.12. The number of hydrogen-bond acceptors (Lipinski definition) is 3. The van der Waals surface area contributed by atoms with Crippen LogP contribution in [-0.2, 0) is 11.3 Å². The van der Waals surface area contributed by atoms with Crippen LogP contribution in [0.25, 0.3) is 11.0 Å². The van der Waals surface area contributed by atoms with Crippen LogP contribution in [-0.4, -0.2) is 23.3 Å². The van der Waals surface area contributed by atoms with Gasteiger partial charge in [-0.15, -0.1) is 0 Å². The van der Waals surface area contributed by atoms with E-state index in [2.05, 4.69) is 11.9 Å². The van der Waals surface area contributed by atoms with E-state index in [1.54, 1.807) is 13.2 Å². The Morgan fingerprint density at radius 1 is 1.47 bits per heavy atom. The zero-order valence-electron chi connectivity index (χ0n) is 11.4. The maximum atomic E-state index is 13.8. The molecule has 5 heteroatoms. The Morgan fingerprint density at radius 2 is 2.26 bits per heavy atom. The Balaban J connectivity index is 2.46. The van der Waals surface area contributed by atoms with Crippen molar-refractivity contribution >= 4 is 11.0 Å². The van der Waals surface area contributed by atoms with Gasteiger partial charge in [0.25, 0.3) is 0 Å². The summed E-state index contributed by atoms with van der Waals surface area (Å²) in [5.41, 5.74) is 7.35. The highest BCUT2D eigenvalue weighted by atomic mass is 19.1. The van der Waals surface area contributed by atoms with Crippen LogP contribution >= 0.6 is 0 Å². The average Bonchev–Trinajstić information content (AvgIpc) is 2.77. The molecule has 0 spiro atoms. The smallest absolute Gasteiger partial charge is 0.151 e. The van der Waals surface area contributed by atoms with Gasteiger partial charge in [-0.1, -0.05) is 13.0 Å². The Labute approximate surface area is 112 Å². The summed E-state index contributed by atoms with van der Waals surface area (Å²) in [6.07, 6.45) is 1.62. The van der Waals surface area contributed by atoms with E-state index >= 15 is 0 Å². The van der Waals surface area contributed by atoms with Gasteiger partial charge in [0.05, 0.1) is 11.6 Å². The molecule has 0 amide bonds. The Morgan fingerprint density at radius 3 is 2.95 bits per heavy atom. The zero-order valence-corrected chi connectivity index (χ0v) is 11.4. The third kappa shape index (κ3) is 2.77. The predicted molar refractivity (Wildman–Crippen MR) is 73.4 cm³/mol. The molecule has 1 aromatic carbocycles. The first-order valence-electron chi connectivity index (χ1n) is 6.58. The number of halogens is 1. The molecule has 0 bridgehead atoms. The monoisotopic (exact) mass is 265 g/mol. The van der Waals surface area contributed by atoms with Gasteiger partial charge in [0.1, 0.15) is 11.3 Å². The van der Waals surface area contributed by atoms with Crippen molar-refractivity contribution < 1.29 is 9.13 Å². The highest BCUT2D eigenvalue weighted by Crippen LogP contribution is 2.23. The SMILES string of the molecule is CCCn1c(C(N)CCOC)nc2c(F)cccc21. The highest BCUT2D eigenvalue weighted by molar-refractivity contribution is 5.76. The van der Waals surface area contributed by atoms with Gasteiger partial charge >= 0.3 is 0 Å². The minimum absolute atomic E-state index is 0.238.